The summed E-state index contributed by atoms with van der Waals surface area (Å²) in [6.07, 6.45) is 3.56. The molecular formula is C21H22N2O2. The molecule has 0 saturated carbocycles. The standard InChI is InChI=1S/C21H22N2O2/c1-25-17-11-9-16(10-12-17)21(24)19(15-22)18-7-3-4-8-20(18)23-13-5-2-6-14-23/h3-4,7-12,24H,2,5-6,13-14H2,1H3/b21-19-. The van der Waals surface area contributed by atoms with Gasteiger partial charge in [0.25, 0.3) is 0 Å². The summed E-state index contributed by atoms with van der Waals surface area (Å²) >= 11 is 0. The number of ether oxygens (including phenoxy) is 1. The molecule has 0 aliphatic carbocycles. The number of para-hydroxylation sites is 1. The molecule has 25 heavy (non-hydrogen) atoms. The van der Waals surface area contributed by atoms with E-state index in [0.717, 1.165) is 37.2 Å². The Balaban J connectivity index is 2.04. The Kier molecular flexibility index (Phi) is 5.25. The molecule has 4 heteroatoms. The number of rotatable bonds is 4. The van der Waals surface area contributed by atoms with Crippen LogP contribution in [0.4, 0.5) is 5.69 Å². The topological polar surface area (TPSA) is 56.5 Å². The molecule has 1 aliphatic rings. The average Bonchev–Trinajstić information content (AvgIpc) is 2.69. The highest BCUT2D eigenvalue weighted by Gasteiger charge is 2.19. The molecule has 1 aliphatic heterocycles. The number of piperidine rings is 1. The maximum Gasteiger partial charge on any atom is 0.141 e. The van der Waals surface area contributed by atoms with Crippen LogP contribution in [0.25, 0.3) is 11.3 Å². The largest absolute Gasteiger partial charge is 0.506 e. The SMILES string of the molecule is COc1ccc(/C(O)=C(\C#N)c2ccccc2N2CCCCC2)cc1. The molecule has 0 aromatic heterocycles. The van der Waals surface area contributed by atoms with E-state index in [1.165, 1.54) is 6.42 Å². The highest BCUT2D eigenvalue weighted by molar-refractivity contribution is 5.97. The molecule has 3 rings (SSSR count). The monoisotopic (exact) mass is 334 g/mol. The Morgan fingerprint density at radius 3 is 2.36 bits per heavy atom. The summed E-state index contributed by atoms with van der Waals surface area (Å²) in [5.41, 5.74) is 2.69. The predicted molar refractivity (Wildman–Crippen MR) is 101 cm³/mol. The summed E-state index contributed by atoms with van der Waals surface area (Å²) in [6.45, 7) is 1.97. The van der Waals surface area contributed by atoms with Crippen LogP contribution < -0.4 is 9.64 Å². The van der Waals surface area contributed by atoms with E-state index in [9.17, 15) is 10.4 Å². The van der Waals surface area contributed by atoms with Gasteiger partial charge in [0.15, 0.2) is 0 Å². The first-order chi connectivity index (χ1) is 12.2. The van der Waals surface area contributed by atoms with Crippen LogP contribution in [0.15, 0.2) is 48.5 Å². The summed E-state index contributed by atoms with van der Waals surface area (Å²) in [7, 11) is 1.60. The molecule has 0 atom stereocenters. The van der Waals surface area contributed by atoms with E-state index in [-0.39, 0.29) is 5.76 Å². The zero-order valence-corrected chi connectivity index (χ0v) is 14.4. The molecule has 2 aromatic carbocycles. The van der Waals surface area contributed by atoms with Crippen LogP contribution in [-0.2, 0) is 0 Å². The number of methoxy groups -OCH3 is 1. The number of aliphatic hydroxyl groups excluding tert-OH is 1. The molecule has 128 valence electrons. The van der Waals surface area contributed by atoms with Gasteiger partial charge in [0, 0.05) is 29.9 Å². The minimum Gasteiger partial charge on any atom is -0.506 e. The Morgan fingerprint density at radius 2 is 1.72 bits per heavy atom. The maximum atomic E-state index is 10.7. The van der Waals surface area contributed by atoms with Gasteiger partial charge in [-0.05, 0) is 49.6 Å². The molecule has 1 fully saturated rings. The van der Waals surface area contributed by atoms with Gasteiger partial charge in [0.1, 0.15) is 23.2 Å². The summed E-state index contributed by atoms with van der Waals surface area (Å²) in [5, 5.41) is 20.4. The third kappa shape index (κ3) is 3.61. The second-order valence-electron chi connectivity index (χ2n) is 6.13. The van der Waals surface area contributed by atoms with Gasteiger partial charge < -0.3 is 14.7 Å². The quantitative estimate of drug-likeness (QED) is 0.503. The first-order valence-electron chi connectivity index (χ1n) is 8.56. The van der Waals surface area contributed by atoms with Crippen molar-refractivity contribution in [2.75, 3.05) is 25.1 Å². The zero-order chi connectivity index (χ0) is 17.6. The summed E-state index contributed by atoms with van der Waals surface area (Å²) < 4.78 is 5.15. The molecule has 0 amide bonds. The first-order valence-corrected chi connectivity index (χ1v) is 8.56. The second-order valence-corrected chi connectivity index (χ2v) is 6.13. The van der Waals surface area contributed by atoms with Gasteiger partial charge in [-0.1, -0.05) is 18.2 Å². The third-order valence-corrected chi connectivity index (χ3v) is 4.58. The number of anilines is 1. The molecule has 2 aromatic rings. The van der Waals surface area contributed by atoms with E-state index >= 15 is 0 Å². The van der Waals surface area contributed by atoms with Gasteiger partial charge in [0.05, 0.1) is 7.11 Å². The van der Waals surface area contributed by atoms with Gasteiger partial charge in [-0.15, -0.1) is 0 Å². The number of nitrogens with zero attached hydrogens (tertiary/aromatic N) is 2. The molecule has 1 heterocycles. The van der Waals surface area contributed by atoms with Crippen molar-refractivity contribution in [1.82, 2.24) is 0 Å². The van der Waals surface area contributed by atoms with E-state index in [0.29, 0.717) is 16.9 Å². The van der Waals surface area contributed by atoms with Crippen LogP contribution in [0.5, 0.6) is 5.75 Å². The second kappa shape index (κ2) is 7.76. The molecular weight excluding hydrogens is 312 g/mol. The average molecular weight is 334 g/mol. The van der Waals surface area contributed by atoms with Crippen LogP contribution in [0.3, 0.4) is 0 Å². The molecule has 0 radical (unpaired) electrons. The van der Waals surface area contributed by atoms with Crippen molar-refractivity contribution in [1.29, 1.82) is 5.26 Å². The number of hydrogen-bond acceptors (Lipinski definition) is 4. The zero-order valence-electron chi connectivity index (χ0n) is 14.4. The van der Waals surface area contributed by atoms with E-state index < -0.39 is 0 Å². The Morgan fingerprint density at radius 1 is 1.04 bits per heavy atom. The van der Waals surface area contributed by atoms with E-state index in [4.69, 9.17) is 4.74 Å². The number of hydrogen-bond donors (Lipinski definition) is 1. The normalized spacial score (nSPS) is 15.3. The molecule has 0 spiro atoms. The number of allylic oxidation sites excluding steroid dienone is 1. The van der Waals surface area contributed by atoms with E-state index in [1.54, 1.807) is 31.4 Å². The van der Waals surface area contributed by atoms with Crippen molar-refractivity contribution >= 4 is 17.0 Å². The summed E-state index contributed by atoms with van der Waals surface area (Å²) in [6, 6.07) is 17.1. The minimum absolute atomic E-state index is 0.00499. The van der Waals surface area contributed by atoms with Crippen LogP contribution >= 0.6 is 0 Å². The van der Waals surface area contributed by atoms with Crippen LogP contribution in [0, 0.1) is 11.3 Å². The highest BCUT2D eigenvalue weighted by atomic mass is 16.5. The number of benzene rings is 2. The number of nitriles is 1. The molecule has 4 nitrogen and oxygen atoms in total. The van der Waals surface area contributed by atoms with Crippen molar-refractivity contribution in [3.8, 4) is 11.8 Å². The first kappa shape index (κ1) is 16.9. The van der Waals surface area contributed by atoms with Gasteiger partial charge >= 0.3 is 0 Å². The molecule has 1 saturated heterocycles. The van der Waals surface area contributed by atoms with Gasteiger partial charge in [-0.25, -0.2) is 0 Å². The third-order valence-electron chi connectivity index (χ3n) is 4.58. The maximum absolute atomic E-state index is 10.7. The Labute approximate surface area is 148 Å². The fourth-order valence-corrected chi connectivity index (χ4v) is 3.23. The van der Waals surface area contributed by atoms with Crippen molar-refractivity contribution < 1.29 is 9.84 Å². The highest BCUT2D eigenvalue weighted by Crippen LogP contribution is 2.33. The lowest BCUT2D eigenvalue weighted by Crippen LogP contribution is -2.30. The van der Waals surface area contributed by atoms with Crippen molar-refractivity contribution in [3.63, 3.8) is 0 Å². The fraction of sp³-hybridized carbons (Fsp3) is 0.286. The van der Waals surface area contributed by atoms with Crippen molar-refractivity contribution in [2.45, 2.75) is 19.3 Å². The minimum atomic E-state index is -0.00499. The molecule has 0 bridgehead atoms. The summed E-state index contributed by atoms with van der Waals surface area (Å²) in [5.74, 6) is 0.707. The number of aliphatic hydroxyl groups is 1. The van der Waals surface area contributed by atoms with E-state index in [1.807, 2.05) is 24.3 Å². The van der Waals surface area contributed by atoms with Gasteiger partial charge in [0.2, 0.25) is 0 Å². The molecule has 0 unspecified atom stereocenters. The van der Waals surface area contributed by atoms with Crippen LogP contribution in [0.1, 0.15) is 30.4 Å². The van der Waals surface area contributed by atoms with Crippen molar-refractivity contribution in [3.05, 3.63) is 59.7 Å². The summed E-state index contributed by atoms with van der Waals surface area (Å²) in [4.78, 5) is 2.30. The van der Waals surface area contributed by atoms with Gasteiger partial charge in [-0.2, -0.15) is 5.26 Å². The fourth-order valence-electron chi connectivity index (χ4n) is 3.23. The molecule has 1 N–H and O–H groups in total. The smallest absolute Gasteiger partial charge is 0.141 e. The van der Waals surface area contributed by atoms with Crippen LogP contribution in [0.2, 0.25) is 0 Å². The van der Waals surface area contributed by atoms with E-state index in [2.05, 4.69) is 11.0 Å². The Bertz CT molecular complexity index is 797. The predicted octanol–water partition coefficient (Wildman–Crippen LogP) is 4.64. The Hall–Kier alpha value is -2.93. The van der Waals surface area contributed by atoms with Crippen molar-refractivity contribution in [2.24, 2.45) is 0 Å². The lowest BCUT2D eigenvalue weighted by atomic mass is 9.98. The lowest BCUT2D eigenvalue weighted by molar-refractivity contribution is 0.414. The lowest BCUT2D eigenvalue weighted by Gasteiger charge is -2.30. The van der Waals surface area contributed by atoms with Crippen LogP contribution in [-0.4, -0.2) is 25.3 Å². The van der Waals surface area contributed by atoms with Gasteiger partial charge in [-0.3, -0.25) is 0 Å².